The van der Waals surface area contributed by atoms with Gasteiger partial charge in [-0.1, -0.05) is 78.3 Å². The van der Waals surface area contributed by atoms with Gasteiger partial charge >= 0.3 is 5.97 Å². The molecule has 1 aliphatic rings. The van der Waals surface area contributed by atoms with Crippen molar-refractivity contribution in [3.63, 3.8) is 0 Å². The minimum Gasteiger partial charge on any atom is -0.507 e. The zero-order valence-electron chi connectivity index (χ0n) is 12.2. The van der Waals surface area contributed by atoms with Gasteiger partial charge in [-0.3, -0.25) is 4.79 Å². The van der Waals surface area contributed by atoms with Crippen LogP contribution in [0.5, 0.6) is 0 Å². The minimum atomic E-state index is -1.16. The van der Waals surface area contributed by atoms with E-state index in [1.54, 1.807) is 0 Å². The topological polar surface area (TPSA) is 57.5 Å². The maximum absolute atomic E-state index is 12.0. The molecule has 3 nitrogen and oxygen atoms in total. The van der Waals surface area contributed by atoms with Crippen LogP contribution in [0.2, 0.25) is 0 Å². The van der Waals surface area contributed by atoms with E-state index in [0.29, 0.717) is 0 Å². The Balaban J connectivity index is 2.39. The highest BCUT2D eigenvalue weighted by Crippen LogP contribution is 2.50. The molecular weight excluding hydrogens is 312 g/mol. The molecule has 0 saturated heterocycles. The number of halogens is 1. The number of rotatable bonds is 3. The van der Waals surface area contributed by atoms with Gasteiger partial charge in [0.05, 0.1) is 16.4 Å². The molecule has 0 radical (unpaired) electrons. The van der Waals surface area contributed by atoms with E-state index < -0.39 is 17.3 Å². The first-order chi connectivity index (χ1) is 11.1. The van der Waals surface area contributed by atoms with Crippen LogP contribution in [0.25, 0.3) is 0 Å². The van der Waals surface area contributed by atoms with Gasteiger partial charge in [0, 0.05) is 0 Å². The number of carbonyl (C=O) groups is 1. The molecule has 2 aromatic carbocycles. The van der Waals surface area contributed by atoms with Gasteiger partial charge in [0.1, 0.15) is 5.76 Å². The zero-order valence-corrected chi connectivity index (χ0v) is 12.9. The van der Waals surface area contributed by atoms with Gasteiger partial charge in [0.25, 0.3) is 0 Å². The lowest BCUT2D eigenvalue weighted by Crippen LogP contribution is -2.42. The van der Waals surface area contributed by atoms with Crippen molar-refractivity contribution in [3.05, 3.63) is 94.7 Å². The standard InChI is InChI=1S/C19H15ClO3/c20-17-16(21)12-11-15(18(22)23)19(17,13-7-3-1-4-8-13)14-9-5-2-6-10-14/h1-12,15,21H,(H,22,23). The largest absolute Gasteiger partial charge is 0.507 e. The number of aliphatic hydroxyl groups is 1. The maximum atomic E-state index is 12.0. The molecule has 0 aromatic heterocycles. The molecule has 0 fully saturated rings. The first kappa shape index (κ1) is 15.4. The van der Waals surface area contributed by atoms with Crippen LogP contribution in [0.3, 0.4) is 0 Å². The van der Waals surface area contributed by atoms with E-state index in [9.17, 15) is 15.0 Å². The van der Waals surface area contributed by atoms with Crippen molar-refractivity contribution in [2.24, 2.45) is 5.92 Å². The number of hydrogen-bond acceptors (Lipinski definition) is 2. The van der Waals surface area contributed by atoms with Crippen LogP contribution >= 0.6 is 11.6 Å². The van der Waals surface area contributed by atoms with E-state index >= 15 is 0 Å². The number of aliphatic carboxylic acids is 1. The molecule has 0 aliphatic heterocycles. The lowest BCUT2D eigenvalue weighted by Gasteiger charge is -2.40. The number of carboxylic acid groups (broad SMARTS) is 1. The molecule has 3 rings (SSSR count). The van der Waals surface area contributed by atoms with Gasteiger partial charge in [0.2, 0.25) is 0 Å². The van der Waals surface area contributed by atoms with Gasteiger partial charge in [0.15, 0.2) is 0 Å². The van der Waals surface area contributed by atoms with E-state index in [-0.39, 0.29) is 10.8 Å². The summed E-state index contributed by atoms with van der Waals surface area (Å²) < 4.78 is 0. The Morgan fingerprint density at radius 3 is 1.87 bits per heavy atom. The van der Waals surface area contributed by atoms with Crippen molar-refractivity contribution in [1.82, 2.24) is 0 Å². The maximum Gasteiger partial charge on any atom is 0.312 e. The van der Waals surface area contributed by atoms with E-state index in [1.807, 2.05) is 60.7 Å². The predicted molar refractivity (Wildman–Crippen MR) is 89.4 cm³/mol. The highest BCUT2D eigenvalue weighted by molar-refractivity contribution is 6.32. The van der Waals surface area contributed by atoms with E-state index in [2.05, 4.69) is 0 Å². The van der Waals surface area contributed by atoms with E-state index in [1.165, 1.54) is 12.2 Å². The van der Waals surface area contributed by atoms with Crippen LogP contribution in [0, 0.1) is 5.92 Å². The highest BCUT2D eigenvalue weighted by atomic mass is 35.5. The fraction of sp³-hybridized carbons (Fsp3) is 0.105. The molecular formula is C19H15ClO3. The minimum absolute atomic E-state index is 0.114. The van der Waals surface area contributed by atoms with Crippen molar-refractivity contribution in [3.8, 4) is 0 Å². The predicted octanol–water partition coefficient (Wildman–Crippen LogP) is 4.25. The van der Waals surface area contributed by atoms with E-state index in [0.717, 1.165) is 11.1 Å². The van der Waals surface area contributed by atoms with Crippen LogP contribution < -0.4 is 0 Å². The lowest BCUT2D eigenvalue weighted by molar-refractivity contribution is -0.141. The van der Waals surface area contributed by atoms with Crippen molar-refractivity contribution >= 4 is 17.6 Å². The highest BCUT2D eigenvalue weighted by Gasteiger charge is 2.50. The summed E-state index contributed by atoms with van der Waals surface area (Å²) in [4.78, 5) is 12.0. The lowest BCUT2D eigenvalue weighted by atomic mass is 9.63. The first-order valence-corrected chi connectivity index (χ1v) is 7.57. The summed E-state index contributed by atoms with van der Waals surface area (Å²) in [5.41, 5.74) is 0.286. The number of allylic oxidation sites excluding steroid dienone is 2. The third-order valence-corrected chi connectivity index (χ3v) is 4.70. The number of hydrogen-bond donors (Lipinski definition) is 2. The third-order valence-electron chi connectivity index (χ3n) is 4.21. The van der Waals surface area contributed by atoms with Crippen LogP contribution in [0.1, 0.15) is 11.1 Å². The van der Waals surface area contributed by atoms with Crippen molar-refractivity contribution in [1.29, 1.82) is 0 Å². The fourth-order valence-electron chi connectivity index (χ4n) is 3.19. The molecule has 1 unspecified atom stereocenters. The molecule has 0 amide bonds. The summed E-state index contributed by atoms with van der Waals surface area (Å²) in [6, 6.07) is 18.4. The molecule has 23 heavy (non-hydrogen) atoms. The number of benzene rings is 2. The fourth-order valence-corrected chi connectivity index (χ4v) is 3.59. The normalized spacial score (nSPS) is 19.6. The Morgan fingerprint density at radius 2 is 1.43 bits per heavy atom. The summed E-state index contributed by atoms with van der Waals surface area (Å²) in [6.07, 6.45) is 2.84. The Hall–Kier alpha value is -2.52. The summed E-state index contributed by atoms with van der Waals surface area (Å²) in [6.45, 7) is 0. The summed E-state index contributed by atoms with van der Waals surface area (Å²) in [5, 5.41) is 20.1. The Kier molecular flexibility index (Phi) is 3.97. The molecule has 116 valence electrons. The second kappa shape index (κ2) is 5.94. The summed E-state index contributed by atoms with van der Waals surface area (Å²) >= 11 is 6.51. The first-order valence-electron chi connectivity index (χ1n) is 7.19. The van der Waals surface area contributed by atoms with Gasteiger partial charge in [-0.15, -0.1) is 0 Å². The molecule has 2 aromatic rings. The Morgan fingerprint density at radius 1 is 0.957 bits per heavy atom. The summed E-state index contributed by atoms with van der Waals surface area (Å²) in [7, 11) is 0. The average molecular weight is 327 g/mol. The average Bonchev–Trinajstić information content (AvgIpc) is 2.58. The number of aliphatic hydroxyl groups excluding tert-OH is 1. The molecule has 1 atom stereocenters. The van der Waals surface area contributed by atoms with Crippen molar-refractivity contribution in [2.75, 3.05) is 0 Å². The van der Waals surface area contributed by atoms with Gasteiger partial charge < -0.3 is 10.2 Å². The number of carboxylic acids is 1. The van der Waals surface area contributed by atoms with Gasteiger partial charge in [-0.05, 0) is 17.2 Å². The second-order valence-corrected chi connectivity index (χ2v) is 5.79. The molecule has 0 spiro atoms. The smallest absolute Gasteiger partial charge is 0.312 e. The monoisotopic (exact) mass is 326 g/mol. The molecule has 4 heteroatoms. The van der Waals surface area contributed by atoms with Gasteiger partial charge in [-0.2, -0.15) is 0 Å². The van der Waals surface area contributed by atoms with Crippen molar-refractivity contribution < 1.29 is 15.0 Å². The Labute approximate surface area is 139 Å². The second-order valence-electron chi connectivity index (χ2n) is 5.41. The molecule has 0 heterocycles. The molecule has 0 saturated carbocycles. The van der Waals surface area contributed by atoms with E-state index in [4.69, 9.17) is 11.6 Å². The Bertz CT molecular complexity index is 739. The molecule has 1 aliphatic carbocycles. The van der Waals surface area contributed by atoms with Gasteiger partial charge in [-0.25, -0.2) is 0 Å². The van der Waals surface area contributed by atoms with Crippen LogP contribution in [-0.2, 0) is 10.2 Å². The third kappa shape index (κ3) is 2.34. The molecule has 2 N–H and O–H groups in total. The zero-order chi connectivity index (χ0) is 16.4. The van der Waals surface area contributed by atoms with Crippen molar-refractivity contribution in [2.45, 2.75) is 5.41 Å². The quantitative estimate of drug-likeness (QED) is 0.886. The summed E-state index contributed by atoms with van der Waals surface area (Å²) in [5.74, 6) is -2.04. The van der Waals surface area contributed by atoms with Crippen LogP contribution in [0.4, 0.5) is 0 Å². The van der Waals surface area contributed by atoms with Crippen LogP contribution in [0.15, 0.2) is 83.6 Å². The molecule has 0 bridgehead atoms. The SMILES string of the molecule is O=C(O)C1C=CC(O)=C(Cl)C1(c1ccccc1)c1ccccc1. The van der Waals surface area contributed by atoms with Crippen LogP contribution in [-0.4, -0.2) is 16.2 Å².